The molecule has 2 heterocycles. The van der Waals surface area contributed by atoms with Gasteiger partial charge in [-0.05, 0) is 38.8 Å². The average molecular weight is 255 g/mol. The second-order valence-corrected chi connectivity index (χ2v) is 5.48. The van der Waals surface area contributed by atoms with Gasteiger partial charge in [0.15, 0.2) is 0 Å². The molecule has 1 unspecified atom stereocenters. The summed E-state index contributed by atoms with van der Waals surface area (Å²) < 4.78 is 0. The molecular formula is C13H25N3O2. The summed E-state index contributed by atoms with van der Waals surface area (Å²) in [4.78, 5) is 16.3. The van der Waals surface area contributed by atoms with Crippen molar-refractivity contribution in [2.45, 2.75) is 25.9 Å². The van der Waals surface area contributed by atoms with Gasteiger partial charge < -0.3 is 15.3 Å². The smallest absolute Gasteiger partial charge is 0.236 e. The highest BCUT2D eigenvalue weighted by molar-refractivity contribution is 5.78. The van der Waals surface area contributed by atoms with Gasteiger partial charge in [-0.3, -0.25) is 9.69 Å². The summed E-state index contributed by atoms with van der Waals surface area (Å²) >= 11 is 0. The van der Waals surface area contributed by atoms with Gasteiger partial charge >= 0.3 is 0 Å². The fraction of sp³-hybridized carbons (Fsp3) is 0.923. The molecule has 0 bridgehead atoms. The Bertz CT molecular complexity index is 269. The Morgan fingerprint density at radius 3 is 2.44 bits per heavy atom. The molecule has 0 aromatic heterocycles. The summed E-state index contributed by atoms with van der Waals surface area (Å²) in [6, 6.07) is 0. The number of likely N-dealkylation sites (tertiary alicyclic amines) is 1. The molecule has 18 heavy (non-hydrogen) atoms. The Hall–Kier alpha value is -0.650. The maximum absolute atomic E-state index is 12.1. The van der Waals surface area contributed by atoms with Crippen LogP contribution in [0.5, 0.6) is 0 Å². The lowest BCUT2D eigenvalue weighted by Gasteiger charge is -2.35. The second kappa shape index (κ2) is 6.50. The quantitative estimate of drug-likeness (QED) is 0.714. The van der Waals surface area contributed by atoms with E-state index < -0.39 is 0 Å². The SMILES string of the molecule is CC(O)C1CCN(CC(=O)N2CCNCC2)CC1. The lowest BCUT2D eigenvalue weighted by Crippen LogP contribution is -2.50. The third-order valence-electron chi connectivity index (χ3n) is 4.14. The van der Waals surface area contributed by atoms with Crippen molar-refractivity contribution in [3.05, 3.63) is 0 Å². The first kappa shape index (κ1) is 13.8. The number of amides is 1. The van der Waals surface area contributed by atoms with Gasteiger partial charge in [0.05, 0.1) is 12.6 Å². The highest BCUT2D eigenvalue weighted by atomic mass is 16.3. The number of rotatable bonds is 3. The van der Waals surface area contributed by atoms with Crippen molar-refractivity contribution >= 4 is 5.91 Å². The number of piperidine rings is 1. The van der Waals surface area contributed by atoms with Crippen LogP contribution in [0.3, 0.4) is 0 Å². The van der Waals surface area contributed by atoms with Gasteiger partial charge in [-0.15, -0.1) is 0 Å². The zero-order valence-corrected chi connectivity index (χ0v) is 11.3. The molecule has 0 radical (unpaired) electrons. The molecule has 2 fully saturated rings. The highest BCUT2D eigenvalue weighted by Crippen LogP contribution is 2.20. The monoisotopic (exact) mass is 255 g/mol. The zero-order chi connectivity index (χ0) is 13.0. The molecule has 2 saturated heterocycles. The van der Waals surface area contributed by atoms with Crippen LogP contribution < -0.4 is 5.32 Å². The van der Waals surface area contributed by atoms with E-state index in [2.05, 4.69) is 10.2 Å². The van der Waals surface area contributed by atoms with Gasteiger partial charge in [-0.1, -0.05) is 0 Å². The van der Waals surface area contributed by atoms with Gasteiger partial charge in [0, 0.05) is 26.2 Å². The van der Waals surface area contributed by atoms with Crippen molar-refractivity contribution < 1.29 is 9.90 Å². The van der Waals surface area contributed by atoms with Crippen LogP contribution in [-0.2, 0) is 4.79 Å². The van der Waals surface area contributed by atoms with Crippen molar-refractivity contribution in [2.24, 2.45) is 5.92 Å². The largest absolute Gasteiger partial charge is 0.393 e. The van der Waals surface area contributed by atoms with Gasteiger partial charge in [-0.25, -0.2) is 0 Å². The van der Waals surface area contributed by atoms with Crippen molar-refractivity contribution in [1.29, 1.82) is 0 Å². The summed E-state index contributed by atoms with van der Waals surface area (Å²) in [7, 11) is 0. The number of aliphatic hydroxyl groups excluding tert-OH is 1. The number of hydrogen-bond acceptors (Lipinski definition) is 4. The molecule has 2 rings (SSSR count). The van der Waals surface area contributed by atoms with Crippen molar-refractivity contribution in [2.75, 3.05) is 45.8 Å². The molecular weight excluding hydrogens is 230 g/mol. The number of nitrogens with zero attached hydrogens (tertiary/aromatic N) is 2. The van der Waals surface area contributed by atoms with E-state index in [-0.39, 0.29) is 12.0 Å². The number of hydrogen-bond donors (Lipinski definition) is 2. The van der Waals surface area contributed by atoms with Crippen LogP contribution >= 0.6 is 0 Å². The molecule has 5 heteroatoms. The van der Waals surface area contributed by atoms with Crippen LogP contribution in [0.1, 0.15) is 19.8 Å². The van der Waals surface area contributed by atoms with E-state index in [9.17, 15) is 9.90 Å². The minimum absolute atomic E-state index is 0.212. The van der Waals surface area contributed by atoms with Crippen molar-refractivity contribution in [3.63, 3.8) is 0 Å². The molecule has 1 amide bonds. The molecule has 5 nitrogen and oxygen atoms in total. The molecule has 0 saturated carbocycles. The Morgan fingerprint density at radius 2 is 1.89 bits per heavy atom. The first-order chi connectivity index (χ1) is 8.66. The van der Waals surface area contributed by atoms with Gasteiger partial charge in [0.25, 0.3) is 0 Å². The first-order valence-corrected chi connectivity index (χ1v) is 7.05. The Balaban J connectivity index is 1.72. The minimum Gasteiger partial charge on any atom is -0.393 e. The lowest BCUT2D eigenvalue weighted by atomic mass is 9.92. The maximum Gasteiger partial charge on any atom is 0.236 e. The van der Waals surface area contributed by atoms with E-state index in [0.29, 0.717) is 12.5 Å². The summed E-state index contributed by atoms with van der Waals surface area (Å²) in [5, 5.41) is 12.8. The fourth-order valence-electron chi connectivity index (χ4n) is 2.80. The van der Waals surface area contributed by atoms with Crippen LogP contribution in [0.25, 0.3) is 0 Å². The van der Waals surface area contributed by atoms with Gasteiger partial charge in [0.1, 0.15) is 0 Å². The molecule has 0 spiro atoms. The normalized spacial score (nSPS) is 25.1. The summed E-state index contributed by atoms with van der Waals surface area (Å²) in [5.74, 6) is 0.669. The first-order valence-electron chi connectivity index (χ1n) is 7.05. The van der Waals surface area contributed by atoms with E-state index in [1.54, 1.807) is 0 Å². The number of piperazine rings is 1. The fourth-order valence-corrected chi connectivity index (χ4v) is 2.80. The third kappa shape index (κ3) is 3.67. The molecule has 0 aromatic rings. The lowest BCUT2D eigenvalue weighted by molar-refractivity contribution is -0.133. The average Bonchev–Trinajstić information content (AvgIpc) is 2.40. The molecule has 1 atom stereocenters. The summed E-state index contributed by atoms with van der Waals surface area (Å²) in [6.45, 7) is 7.79. The van der Waals surface area contributed by atoms with Gasteiger partial charge in [-0.2, -0.15) is 0 Å². The molecule has 104 valence electrons. The molecule has 0 aliphatic carbocycles. The molecule has 2 aliphatic rings. The Labute approximate surface area is 109 Å². The van der Waals surface area contributed by atoms with Crippen LogP contribution in [0.4, 0.5) is 0 Å². The molecule has 2 N–H and O–H groups in total. The van der Waals surface area contributed by atoms with Crippen molar-refractivity contribution in [3.8, 4) is 0 Å². The minimum atomic E-state index is -0.212. The Morgan fingerprint density at radius 1 is 1.28 bits per heavy atom. The van der Waals surface area contributed by atoms with Crippen LogP contribution in [0.15, 0.2) is 0 Å². The molecule has 2 aliphatic heterocycles. The van der Waals surface area contributed by atoms with Crippen molar-refractivity contribution in [1.82, 2.24) is 15.1 Å². The van der Waals surface area contributed by atoms with Crippen LogP contribution in [-0.4, -0.2) is 72.7 Å². The number of carbonyl (C=O) groups excluding carboxylic acids is 1. The predicted octanol–water partition coefficient (Wildman–Crippen LogP) is -0.489. The maximum atomic E-state index is 12.1. The topological polar surface area (TPSA) is 55.8 Å². The van der Waals surface area contributed by atoms with E-state index in [0.717, 1.165) is 52.1 Å². The zero-order valence-electron chi connectivity index (χ0n) is 11.3. The van der Waals surface area contributed by atoms with E-state index >= 15 is 0 Å². The predicted molar refractivity (Wildman–Crippen MR) is 70.3 cm³/mol. The molecule has 0 aromatic carbocycles. The van der Waals surface area contributed by atoms with E-state index in [1.807, 2.05) is 11.8 Å². The second-order valence-electron chi connectivity index (χ2n) is 5.48. The number of carbonyl (C=O) groups is 1. The van der Waals surface area contributed by atoms with E-state index in [1.165, 1.54) is 0 Å². The standard InChI is InChI=1S/C13H25N3O2/c1-11(17)12-2-6-15(7-3-12)10-13(18)16-8-4-14-5-9-16/h11-12,14,17H,2-10H2,1H3. The van der Waals surface area contributed by atoms with Crippen LogP contribution in [0.2, 0.25) is 0 Å². The number of nitrogens with one attached hydrogen (secondary N) is 1. The van der Waals surface area contributed by atoms with E-state index in [4.69, 9.17) is 0 Å². The third-order valence-corrected chi connectivity index (χ3v) is 4.14. The number of aliphatic hydroxyl groups is 1. The highest BCUT2D eigenvalue weighted by Gasteiger charge is 2.25. The van der Waals surface area contributed by atoms with Crippen LogP contribution in [0, 0.1) is 5.92 Å². The van der Waals surface area contributed by atoms with Gasteiger partial charge in [0.2, 0.25) is 5.91 Å². The summed E-state index contributed by atoms with van der Waals surface area (Å²) in [5.41, 5.74) is 0. The Kier molecular flexibility index (Phi) is 4.97. The summed E-state index contributed by atoms with van der Waals surface area (Å²) in [6.07, 6.45) is 1.80.